The Bertz CT molecular complexity index is 491. The molecule has 0 aromatic heterocycles. The molecule has 1 aromatic rings. The van der Waals surface area contributed by atoms with Crippen LogP contribution in [0.5, 0.6) is 0 Å². The average molecular weight is 314 g/mol. The molecule has 2 rings (SSSR count). The van der Waals surface area contributed by atoms with E-state index in [0.29, 0.717) is 4.90 Å². The van der Waals surface area contributed by atoms with E-state index in [1.54, 1.807) is 0 Å². The van der Waals surface area contributed by atoms with E-state index in [-0.39, 0.29) is 17.7 Å². The van der Waals surface area contributed by atoms with Crippen LogP contribution in [0.4, 0.5) is 8.78 Å². The summed E-state index contributed by atoms with van der Waals surface area (Å²) < 4.78 is 26.2. The maximum Gasteiger partial charge on any atom is 0.230 e. The third-order valence-electron chi connectivity index (χ3n) is 3.65. The Labute approximate surface area is 128 Å². The van der Waals surface area contributed by atoms with Gasteiger partial charge in [0.2, 0.25) is 5.91 Å². The summed E-state index contributed by atoms with van der Waals surface area (Å²) in [6.45, 7) is 5.18. The molecule has 1 heterocycles. The van der Waals surface area contributed by atoms with Gasteiger partial charge in [0, 0.05) is 30.1 Å². The summed E-state index contributed by atoms with van der Waals surface area (Å²) in [5.41, 5.74) is 0. The smallest absolute Gasteiger partial charge is 0.230 e. The number of benzene rings is 1. The molecule has 1 saturated heterocycles. The molecule has 0 radical (unpaired) electrons. The van der Waals surface area contributed by atoms with Gasteiger partial charge in [0.1, 0.15) is 11.6 Å². The summed E-state index contributed by atoms with van der Waals surface area (Å²) in [6.07, 6.45) is 1.91. The Kier molecular flexibility index (Phi) is 5.99. The molecule has 1 aliphatic rings. The van der Waals surface area contributed by atoms with Gasteiger partial charge in [0.15, 0.2) is 0 Å². The number of piperidine rings is 1. The number of hydrogen-bond donors (Lipinski definition) is 1. The molecule has 6 heteroatoms. The molecule has 1 fully saturated rings. The first-order valence-corrected chi connectivity index (χ1v) is 8.16. The van der Waals surface area contributed by atoms with Crippen molar-refractivity contribution >= 4 is 17.7 Å². The molecule has 0 bridgehead atoms. The maximum atomic E-state index is 13.4. The van der Waals surface area contributed by atoms with E-state index in [1.165, 1.54) is 12.1 Å². The topological polar surface area (TPSA) is 32.3 Å². The lowest BCUT2D eigenvalue weighted by Crippen LogP contribution is -2.45. The summed E-state index contributed by atoms with van der Waals surface area (Å²) in [4.78, 5) is 14.5. The largest absolute Gasteiger partial charge is 0.353 e. The molecular weight excluding hydrogens is 294 g/mol. The van der Waals surface area contributed by atoms with Crippen molar-refractivity contribution in [3.8, 4) is 0 Å². The van der Waals surface area contributed by atoms with E-state index in [9.17, 15) is 13.6 Å². The summed E-state index contributed by atoms with van der Waals surface area (Å²) >= 11 is 1.09. The number of hydrogen-bond acceptors (Lipinski definition) is 3. The van der Waals surface area contributed by atoms with Crippen molar-refractivity contribution in [3.05, 3.63) is 29.8 Å². The third kappa shape index (κ3) is 4.97. The molecule has 3 nitrogen and oxygen atoms in total. The molecule has 0 unspecified atom stereocenters. The Morgan fingerprint density at radius 1 is 1.38 bits per heavy atom. The van der Waals surface area contributed by atoms with Crippen LogP contribution in [0, 0.1) is 11.6 Å². The monoisotopic (exact) mass is 314 g/mol. The minimum atomic E-state index is -0.621. The van der Waals surface area contributed by atoms with Crippen LogP contribution in [0.25, 0.3) is 0 Å². The van der Waals surface area contributed by atoms with Crippen molar-refractivity contribution in [3.63, 3.8) is 0 Å². The second-order valence-electron chi connectivity index (χ2n) is 5.14. The van der Waals surface area contributed by atoms with E-state index in [1.807, 2.05) is 0 Å². The van der Waals surface area contributed by atoms with E-state index in [0.717, 1.165) is 50.3 Å². The second-order valence-corrected chi connectivity index (χ2v) is 6.16. The average Bonchev–Trinajstić information content (AvgIpc) is 2.47. The SMILES string of the molecule is CCN1CCC(NC(=O)CSc2ccc(F)cc2F)CC1. The zero-order valence-electron chi connectivity index (χ0n) is 12.1. The number of nitrogens with zero attached hydrogens (tertiary/aromatic N) is 1. The van der Waals surface area contributed by atoms with Gasteiger partial charge >= 0.3 is 0 Å². The highest BCUT2D eigenvalue weighted by atomic mass is 32.2. The van der Waals surface area contributed by atoms with Crippen molar-refractivity contribution in [2.24, 2.45) is 0 Å². The molecule has 1 aliphatic heterocycles. The number of amides is 1. The first kappa shape index (κ1) is 16.2. The van der Waals surface area contributed by atoms with Gasteiger partial charge < -0.3 is 10.2 Å². The van der Waals surface area contributed by atoms with Gasteiger partial charge in [-0.2, -0.15) is 0 Å². The second kappa shape index (κ2) is 7.75. The number of carbonyl (C=O) groups excluding carboxylic acids is 1. The molecule has 0 atom stereocenters. The number of thioether (sulfide) groups is 1. The molecule has 0 aliphatic carbocycles. The molecule has 0 saturated carbocycles. The number of halogens is 2. The Hall–Kier alpha value is -1.14. The van der Waals surface area contributed by atoms with Crippen molar-refractivity contribution in [1.29, 1.82) is 0 Å². The highest BCUT2D eigenvalue weighted by Crippen LogP contribution is 2.22. The van der Waals surface area contributed by atoms with E-state index >= 15 is 0 Å². The minimum absolute atomic E-state index is 0.0985. The zero-order chi connectivity index (χ0) is 15.2. The van der Waals surface area contributed by atoms with Crippen LogP contribution in [-0.4, -0.2) is 42.2 Å². The van der Waals surface area contributed by atoms with E-state index in [2.05, 4.69) is 17.1 Å². The highest BCUT2D eigenvalue weighted by molar-refractivity contribution is 8.00. The summed E-state index contributed by atoms with van der Waals surface area (Å²) in [6, 6.07) is 3.60. The van der Waals surface area contributed by atoms with Crippen molar-refractivity contribution in [2.75, 3.05) is 25.4 Å². The lowest BCUT2D eigenvalue weighted by Gasteiger charge is -2.31. The van der Waals surface area contributed by atoms with Crippen LogP contribution in [0.1, 0.15) is 19.8 Å². The highest BCUT2D eigenvalue weighted by Gasteiger charge is 2.19. The molecule has 1 aromatic carbocycles. The van der Waals surface area contributed by atoms with Crippen molar-refractivity contribution < 1.29 is 13.6 Å². The molecule has 1 N–H and O–H groups in total. The van der Waals surface area contributed by atoms with Gasteiger partial charge in [-0.05, 0) is 31.5 Å². The van der Waals surface area contributed by atoms with E-state index < -0.39 is 11.6 Å². The number of carbonyl (C=O) groups is 1. The number of likely N-dealkylation sites (tertiary alicyclic amines) is 1. The summed E-state index contributed by atoms with van der Waals surface area (Å²) in [5.74, 6) is -1.18. The predicted molar refractivity (Wildman–Crippen MR) is 80.4 cm³/mol. The van der Waals surface area contributed by atoms with Crippen LogP contribution in [0.15, 0.2) is 23.1 Å². The lowest BCUT2D eigenvalue weighted by atomic mass is 10.1. The Balaban J connectivity index is 1.75. The third-order valence-corrected chi connectivity index (χ3v) is 4.70. The molecule has 116 valence electrons. The minimum Gasteiger partial charge on any atom is -0.353 e. The van der Waals surface area contributed by atoms with E-state index in [4.69, 9.17) is 0 Å². The maximum absolute atomic E-state index is 13.4. The van der Waals surface area contributed by atoms with Crippen LogP contribution < -0.4 is 5.32 Å². The zero-order valence-corrected chi connectivity index (χ0v) is 12.9. The number of nitrogens with one attached hydrogen (secondary N) is 1. The molecule has 1 amide bonds. The van der Waals surface area contributed by atoms with Crippen LogP contribution in [0.3, 0.4) is 0 Å². The summed E-state index contributed by atoms with van der Waals surface area (Å²) in [7, 11) is 0. The van der Waals surface area contributed by atoms with Gasteiger partial charge in [0.05, 0.1) is 5.75 Å². The van der Waals surface area contributed by atoms with Crippen LogP contribution in [0.2, 0.25) is 0 Å². The molecule has 21 heavy (non-hydrogen) atoms. The quantitative estimate of drug-likeness (QED) is 0.848. The first-order chi connectivity index (χ1) is 10.1. The van der Waals surface area contributed by atoms with Crippen LogP contribution >= 0.6 is 11.8 Å². The molecular formula is C15H20F2N2OS. The fourth-order valence-electron chi connectivity index (χ4n) is 2.40. The Morgan fingerprint density at radius 2 is 2.10 bits per heavy atom. The van der Waals surface area contributed by atoms with Crippen LogP contribution in [-0.2, 0) is 4.79 Å². The summed E-state index contributed by atoms with van der Waals surface area (Å²) in [5, 5.41) is 2.98. The van der Waals surface area contributed by atoms with Gasteiger partial charge in [-0.25, -0.2) is 8.78 Å². The van der Waals surface area contributed by atoms with Crippen molar-refractivity contribution in [2.45, 2.75) is 30.7 Å². The van der Waals surface area contributed by atoms with Crippen molar-refractivity contribution in [1.82, 2.24) is 10.2 Å². The van der Waals surface area contributed by atoms with Gasteiger partial charge in [-0.3, -0.25) is 4.79 Å². The van der Waals surface area contributed by atoms with Gasteiger partial charge in [0.25, 0.3) is 0 Å². The van der Waals surface area contributed by atoms with Gasteiger partial charge in [-0.15, -0.1) is 11.8 Å². The fourth-order valence-corrected chi connectivity index (χ4v) is 3.13. The standard InChI is InChI=1S/C15H20F2N2OS/c1-2-19-7-5-12(6-8-19)18-15(20)10-21-14-4-3-11(16)9-13(14)17/h3-4,9,12H,2,5-8,10H2,1H3,(H,18,20). The first-order valence-electron chi connectivity index (χ1n) is 7.18. The fraction of sp³-hybridized carbons (Fsp3) is 0.533. The lowest BCUT2D eigenvalue weighted by molar-refractivity contribution is -0.119. The normalized spacial score (nSPS) is 16.9. The molecule has 0 spiro atoms. The number of rotatable bonds is 5. The Morgan fingerprint density at radius 3 is 2.71 bits per heavy atom. The predicted octanol–water partition coefficient (Wildman–Crippen LogP) is 2.66. The van der Waals surface area contributed by atoms with Gasteiger partial charge in [-0.1, -0.05) is 6.92 Å².